The summed E-state index contributed by atoms with van der Waals surface area (Å²) in [5.74, 6) is -1.41. The highest BCUT2D eigenvalue weighted by atomic mass is 16.4. The van der Waals surface area contributed by atoms with Gasteiger partial charge in [0.2, 0.25) is 5.91 Å². The lowest BCUT2D eigenvalue weighted by Gasteiger charge is -2.08. The quantitative estimate of drug-likeness (QED) is 0.603. The Morgan fingerprint density at radius 2 is 2.31 bits per heavy atom. The third kappa shape index (κ3) is 4.05. The van der Waals surface area contributed by atoms with Crippen molar-refractivity contribution in [2.45, 2.75) is 12.5 Å². The Kier molecular flexibility index (Phi) is 4.41. The second kappa shape index (κ2) is 5.82. The molecule has 0 saturated heterocycles. The molecule has 6 nitrogen and oxygen atoms in total. The molecular formula is C10H13N3O3. The van der Waals surface area contributed by atoms with Crippen molar-refractivity contribution in [2.24, 2.45) is 5.73 Å². The van der Waals surface area contributed by atoms with Crippen LogP contribution in [0.4, 0.5) is 0 Å². The Hall–Kier alpha value is -1.95. The minimum absolute atomic E-state index is 0.0750. The van der Waals surface area contributed by atoms with Crippen LogP contribution in [0.2, 0.25) is 0 Å². The summed E-state index contributed by atoms with van der Waals surface area (Å²) < 4.78 is 0. The molecule has 0 aromatic carbocycles. The van der Waals surface area contributed by atoms with Gasteiger partial charge in [-0.1, -0.05) is 6.07 Å². The number of carbonyl (C=O) groups is 2. The van der Waals surface area contributed by atoms with Gasteiger partial charge in [0, 0.05) is 18.9 Å². The predicted molar refractivity (Wildman–Crippen MR) is 56.6 cm³/mol. The minimum atomic E-state index is -1.14. The van der Waals surface area contributed by atoms with E-state index in [1.807, 2.05) is 0 Å². The average molecular weight is 223 g/mol. The largest absolute Gasteiger partial charge is 0.480 e. The van der Waals surface area contributed by atoms with Crippen molar-refractivity contribution in [3.05, 3.63) is 30.1 Å². The van der Waals surface area contributed by atoms with Crippen LogP contribution in [0.3, 0.4) is 0 Å². The van der Waals surface area contributed by atoms with Crippen LogP contribution in [0.1, 0.15) is 5.56 Å². The number of carbonyl (C=O) groups excluding carboxylic acids is 1. The van der Waals surface area contributed by atoms with E-state index in [-0.39, 0.29) is 18.9 Å². The number of nitrogens with two attached hydrogens (primary N) is 1. The smallest absolute Gasteiger partial charge is 0.322 e. The molecule has 1 atom stereocenters. The fourth-order valence-corrected chi connectivity index (χ4v) is 1.06. The second-order valence-electron chi connectivity index (χ2n) is 3.29. The molecule has 0 aliphatic carbocycles. The maximum absolute atomic E-state index is 11.4. The molecule has 0 fully saturated rings. The summed E-state index contributed by atoms with van der Waals surface area (Å²) in [4.78, 5) is 25.6. The van der Waals surface area contributed by atoms with Crippen molar-refractivity contribution in [3.8, 4) is 0 Å². The van der Waals surface area contributed by atoms with Crippen LogP contribution < -0.4 is 11.1 Å². The van der Waals surface area contributed by atoms with Gasteiger partial charge in [-0.15, -0.1) is 0 Å². The van der Waals surface area contributed by atoms with Gasteiger partial charge in [-0.25, -0.2) is 0 Å². The number of nitrogens with one attached hydrogen (secondary N) is 1. The Balaban J connectivity index is 2.35. The Morgan fingerprint density at radius 3 is 2.88 bits per heavy atom. The summed E-state index contributed by atoms with van der Waals surface area (Å²) in [5, 5.41) is 10.9. The highest BCUT2D eigenvalue weighted by Crippen LogP contribution is 1.96. The molecule has 0 saturated carbocycles. The monoisotopic (exact) mass is 223 g/mol. The van der Waals surface area contributed by atoms with E-state index in [1.54, 1.807) is 24.5 Å². The normalized spacial score (nSPS) is 11.8. The molecule has 86 valence electrons. The number of carboxylic acid groups (broad SMARTS) is 1. The Labute approximate surface area is 92.5 Å². The number of hydrogen-bond acceptors (Lipinski definition) is 4. The Bertz CT molecular complexity index is 367. The lowest BCUT2D eigenvalue weighted by atomic mass is 10.2. The van der Waals surface area contributed by atoms with E-state index in [4.69, 9.17) is 10.8 Å². The number of rotatable bonds is 5. The maximum atomic E-state index is 11.4. The molecule has 0 bridgehead atoms. The third-order valence-corrected chi connectivity index (χ3v) is 1.92. The summed E-state index contributed by atoms with van der Waals surface area (Å²) in [6.07, 6.45) is 3.36. The van der Waals surface area contributed by atoms with Gasteiger partial charge in [0.15, 0.2) is 0 Å². The second-order valence-corrected chi connectivity index (χ2v) is 3.29. The molecule has 4 N–H and O–H groups in total. The van der Waals surface area contributed by atoms with Gasteiger partial charge in [0.1, 0.15) is 6.04 Å². The van der Waals surface area contributed by atoms with Crippen molar-refractivity contribution in [1.82, 2.24) is 10.3 Å². The fraction of sp³-hybridized carbons (Fsp3) is 0.300. The molecule has 0 unspecified atom stereocenters. The highest BCUT2D eigenvalue weighted by molar-refractivity contribution is 5.80. The first-order valence-corrected chi connectivity index (χ1v) is 4.73. The molecule has 6 heteroatoms. The van der Waals surface area contributed by atoms with E-state index in [0.717, 1.165) is 5.56 Å². The van der Waals surface area contributed by atoms with E-state index in [1.165, 1.54) is 0 Å². The van der Waals surface area contributed by atoms with Gasteiger partial charge in [0.05, 0.1) is 6.42 Å². The number of aromatic nitrogens is 1. The Morgan fingerprint density at radius 1 is 1.56 bits per heavy atom. The van der Waals surface area contributed by atoms with Gasteiger partial charge in [0.25, 0.3) is 0 Å². The average Bonchev–Trinajstić information content (AvgIpc) is 2.27. The van der Waals surface area contributed by atoms with Crippen molar-refractivity contribution >= 4 is 11.9 Å². The molecule has 1 amide bonds. The number of aliphatic carboxylic acids is 1. The molecule has 1 heterocycles. The predicted octanol–water partition coefficient (Wildman–Crippen LogP) is -0.848. The van der Waals surface area contributed by atoms with Gasteiger partial charge in [-0.05, 0) is 11.6 Å². The van der Waals surface area contributed by atoms with Crippen molar-refractivity contribution in [1.29, 1.82) is 0 Å². The molecule has 16 heavy (non-hydrogen) atoms. The number of amides is 1. The van der Waals surface area contributed by atoms with E-state index in [0.29, 0.717) is 0 Å². The van der Waals surface area contributed by atoms with Crippen molar-refractivity contribution in [2.75, 3.05) is 6.54 Å². The number of pyridine rings is 1. The van der Waals surface area contributed by atoms with Crippen LogP contribution in [-0.4, -0.2) is 34.6 Å². The molecule has 1 aromatic rings. The molecule has 0 spiro atoms. The zero-order valence-electron chi connectivity index (χ0n) is 8.59. The number of carboxylic acids is 1. The summed E-state index contributed by atoms with van der Waals surface area (Å²) in [6.45, 7) is -0.0750. The zero-order chi connectivity index (χ0) is 12.0. The summed E-state index contributed by atoms with van der Waals surface area (Å²) in [5.41, 5.74) is 6.00. The van der Waals surface area contributed by atoms with E-state index in [9.17, 15) is 9.59 Å². The van der Waals surface area contributed by atoms with E-state index in [2.05, 4.69) is 10.3 Å². The lowest BCUT2D eigenvalue weighted by Crippen LogP contribution is -2.42. The molecule has 1 rings (SSSR count). The van der Waals surface area contributed by atoms with Gasteiger partial charge < -0.3 is 16.2 Å². The first kappa shape index (κ1) is 12.1. The van der Waals surface area contributed by atoms with Crippen LogP contribution >= 0.6 is 0 Å². The van der Waals surface area contributed by atoms with E-state index >= 15 is 0 Å². The summed E-state index contributed by atoms with van der Waals surface area (Å²) >= 11 is 0. The van der Waals surface area contributed by atoms with Crippen molar-refractivity contribution < 1.29 is 14.7 Å². The highest BCUT2D eigenvalue weighted by Gasteiger charge is 2.12. The molecule has 0 radical (unpaired) electrons. The topological polar surface area (TPSA) is 105 Å². The van der Waals surface area contributed by atoms with Crippen LogP contribution in [0, 0.1) is 0 Å². The SMILES string of the molecule is N[C@@H](CNC(=O)Cc1cccnc1)C(=O)O. The minimum Gasteiger partial charge on any atom is -0.480 e. The molecular weight excluding hydrogens is 210 g/mol. The van der Waals surface area contributed by atoms with Crippen LogP contribution in [0.5, 0.6) is 0 Å². The van der Waals surface area contributed by atoms with Gasteiger partial charge in [-0.3, -0.25) is 14.6 Å². The third-order valence-electron chi connectivity index (χ3n) is 1.92. The first-order valence-electron chi connectivity index (χ1n) is 4.73. The van der Waals surface area contributed by atoms with Gasteiger partial charge >= 0.3 is 5.97 Å². The zero-order valence-corrected chi connectivity index (χ0v) is 8.59. The lowest BCUT2D eigenvalue weighted by molar-refractivity contribution is -0.138. The number of hydrogen-bond donors (Lipinski definition) is 3. The maximum Gasteiger partial charge on any atom is 0.322 e. The van der Waals surface area contributed by atoms with Crippen LogP contribution in [0.25, 0.3) is 0 Å². The molecule has 1 aromatic heterocycles. The number of nitrogens with zero attached hydrogens (tertiary/aromatic N) is 1. The van der Waals surface area contributed by atoms with Crippen molar-refractivity contribution in [3.63, 3.8) is 0 Å². The summed E-state index contributed by atoms with van der Waals surface area (Å²) in [7, 11) is 0. The first-order chi connectivity index (χ1) is 7.59. The fourth-order valence-electron chi connectivity index (χ4n) is 1.06. The standard InChI is InChI=1S/C10H13N3O3/c11-8(10(15)16)6-13-9(14)4-7-2-1-3-12-5-7/h1-3,5,8H,4,6,11H2,(H,13,14)(H,15,16)/t8-/m0/s1. The summed E-state index contributed by atoms with van der Waals surface area (Å²) in [6, 6.07) is 2.42. The molecule has 0 aliphatic rings. The van der Waals surface area contributed by atoms with Crippen LogP contribution in [0.15, 0.2) is 24.5 Å². The van der Waals surface area contributed by atoms with Crippen LogP contribution in [-0.2, 0) is 16.0 Å². The van der Waals surface area contributed by atoms with Gasteiger partial charge in [-0.2, -0.15) is 0 Å². The van der Waals surface area contributed by atoms with E-state index < -0.39 is 12.0 Å². The molecule has 0 aliphatic heterocycles.